The Morgan fingerprint density at radius 3 is 2.00 bits per heavy atom. The van der Waals surface area contributed by atoms with E-state index in [0.717, 1.165) is 0 Å². The molecule has 0 radical (unpaired) electrons. The zero-order valence-electron chi connectivity index (χ0n) is 5.49. The van der Waals surface area contributed by atoms with Crippen molar-refractivity contribution in [2.45, 2.75) is 18.7 Å². The molecule has 0 aliphatic carbocycles. The van der Waals surface area contributed by atoms with Crippen molar-refractivity contribution in [3.05, 3.63) is 12.3 Å². The molecule has 1 nitrogen and oxygen atoms in total. The van der Waals surface area contributed by atoms with Crippen molar-refractivity contribution in [2.24, 2.45) is 0 Å². The van der Waals surface area contributed by atoms with E-state index in [4.69, 9.17) is 16.3 Å². The fraction of sp³-hybridized carbons (Fsp3) is 0.667. The van der Waals surface area contributed by atoms with E-state index >= 15 is 0 Å². The lowest BCUT2D eigenvalue weighted by atomic mass is 10.2. The predicted octanol–water partition coefficient (Wildman–Crippen LogP) is 2.16. The van der Waals surface area contributed by atoms with Crippen LogP contribution in [-0.2, 0) is 4.74 Å². The van der Waals surface area contributed by atoms with Crippen LogP contribution in [0.25, 0.3) is 0 Å². The first-order valence-electron chi connectivity index (χ1n) is 2.40. The SMILES string of the molecule is C=C(OC)C(C)(C)Cl. The number of hydrogen-bond acceptors (Lipinski definition) is 1. The van der Waals surface area contributed by atoms with Crippen molar-refractivity contribution in [1.29, 1.82) is 0 Å². The molecule has 0 bridgehead atoms. The van der Waals surface area contributed by atoms with Gasteiger partial charge in [-0.25, -0.2) is 0 Å². The summed E-state index contributed by atoms with van der Waals surface area (Å²) in [4.78, 5) is -0.436. The van der Waals surface area contributed by atoms with Crippen molar-refractivity contribution < 1.29 is 4.74 Å². The Kier molecular flexibility index (Phi) is 2.35. The standard InChI is InChI=1S/C6H11ClO/c1-5(8-4)6(2,3)7/h1H2,2-4H3. The molecular weight excluding hydrogens is 124 g/mol. The Bertz CT molecular complexity index is 91.2. The summed E-state index contributed by atoms with van der Waals surface area (Å²) in [5, 5.41) is 0. The first-order valence-corrected chi connectivity index (χ1v) is 2.78. The fourth-order valence-electron chi connectivity index (χ4n) is 0.243. The topological polar surface area (TPSA) is 9.23 Å². The second-order valence-electron chi connectivity index (χ2n) is 2.10. The molecule has 0 aromatic carbocycles. The smallest absolute Gasteiger partial charge is 0.109 e. The lowest BCUT2D eigenvalue weighted by Gasteiger charge is -2.16. The van der Waals surface area contributed by atoms with Crippen molar-refractivity contribution in [2.75, 3.05) is 7.11 Å². The molecule has 8 heavy (non-hydrogen) atoms. The summed E-state index contributed by atoms with van der Waals surface area (Å²) >= 11 is 5.76. The highest BCUT2D eigenvalue weighted by atomic mass is 35.5. The molecule has 0 saturated heterocycles. The number of halogens is 1. The van der Waals surface area contributed by atoms with Crippen molar-refractivity contribution in [1.82, 2.24) is 0 Å². The van der Waals surface area contributed by atoms with Gasteiger partial charge in [-0.1, -0.05) is 6.58 Å². The Balaban J connectivity index is 3.82. The fourth-order valence-corrected chi connectivity index (χ4v) is 0.320. The molecule has 0 saturated carbocycles. The van der Waals surface area contributed by atoms with Crippen molar-refractivity contribution in [3.63, 3.8) is 0 Å². The van der Waals surface area contributed by atoms with Crippen LogP contribution in [0.15, 0.2) is 12.3 Å². The monoisotopic (exact) mass is 134 g/mol. The van der Waals surface area contributed by atoms with Gasteiger partial charge in [-0.15, -0.1) is 11.6 Å². The van der Waals surface area contributed by atoms with Crippen LogP contribution in [0.4, 0.5) is 0 Å². The number of methoxy groups -OCH3 is 1. The largest absolute Gasteiger partial charge is 0.500 e. The molecular formula is C6H11ClO. The molecule has 0 aromatic heterocycles. The predicted molar refractivity (Wildman–Crippen MR) is 36.1 cm³/mol. The van der Waals surface area contributed by atoms with Gasteiger partial charge >= 0.3 is 0 Å². The summed E-state index contributed by atoms with van der Waals surface area (Å²) in [5.41, 5.74) is 0. The minimum absolute atomic E-state index is 0.436. The van der Waals surface area contributed by atoms with Crippen LogP contribution in [0.5, 0.6) is 0 Å². The van der Waals surface area contributed by atoms with E-state index in [0.29, 0.717) is 5.76 Å². The second kappa shape index (κ2) is 2.40. The van der Waals surface area contributed by atoms with E-state index in [1.54, 1.807) is 7.11 Å². The minimum atomic E-state index is -0.436. The Morgan fingerprint density at radius 2 is 2.00 bits per heavy atom. The average Bonchev–Trinajstić information content (AvgIpc) is 1.62. The molecule has 0 unspecified atom stereocenters. The molecule has 2 heteroatoms. The number of alkyl halides is 1. The first kappa shape index (κ1) is 7.83. The van der Waals surface area contributed by atoms with Gasteiger partial charge in [-0.3, -0.25) is 0 Å². The minimum Gasteiger partial charge on any atom is -0.500 e. The molecule has 0 spiro atoms. The Morgan fingerprint density at radius 1 is 1.62 bits per heavy atom. The van der Waals surface area contributed by atoms with Gasteiger partial charge in [0.1, 0.15) is 5.76 Å². The summed E-state index contributed by atoms with van der Waals surface area (Å²) in [6, 6.07) is 0. The van der Waals surface area contributed by atoms with E-state index in [1.165, 1.54) is 0 Å². The van der Waals surface area contributed by atoms with E-state index in [-0.39, 0.29) is 0 Å². The molecule has 0 atom stereocenters. The summed E-state index contributed by atoms with van der Waals surface area (Å²) in [6.07, 6.45) is 0. The van der Waals surface area contributed by atoms with Crippen LogP contribution in [0.1, 0.15) is 13.8 Å². The lowest BCUT2D eigenvalue weighted by Crippen LogP contribution is -2.13. The molecule has 0 aliphatic rings. The highest BCUT2D eigenvalue weighted by molar-refractivity contribution is 6.25. The van der Waals surface area contributed by atoms with Gasteiger partial charge in [0.2, 0.25) is 0 Å². The van der Waals surface area contributed by atoms with Gasteiger partial charge in [0.15, 0.2) is 0 Å². The summed E-state index contributed by atoms with van der Waals surface area (Å²) in [6.45, 7) is 7.26. The third-order valence-electron chi connectivity index (χ3n) is 0.909. The van der Waals surface area contributed by atoms with Gasteiger partial charge in [0.25, 0.3) is 0 Å². The van der Waals surface area contributed by atoms with Crippen LogP contribution < -0.4 is 0 Å². The Hall–Kier alpha value is -0.170. The summed E-state index contributed by atoms with van der Waals surface area (Å²) in [5.74, 6) is 0.596. The lowest BCUT2D eigenvalue weighted by molar-refractivity contribution is 0.264. The number of allylic oxidation sites excluding steroid dienone is 1. The molecule has 0 heterocycles. The molecule has 0 amide bonds. The van der Waals surface area contributed by atoms with E-state index in [1.807, 2.05) is 13.8 Å². The molecule has 0 aliphatic heterocycles. The van der Waals surface area contributed by atoms with Gasteiger partial charge in [-0.05, 0) is 13.8 Å². The number of rotatable bonds is 2. The zero-order valence-corrected chi connectivity index (χ0v) is 6.25. The Labute approximate surface area is 55.3 Å². The maximum atomic E-state index is 5.76. The van der Waals surface area contributed by atoms with Crippen LogP contribution in [0.2, 0.25) is 0 Å². The van der Waals surface area contributed by atoms with Gasteiger partial charge in [-0.2, -0.15) is 0 Å². The third-order valence-corrected chi connectivity index (χ3v) is 1.12. The molecule has 0 aromatic rings. The number of ether oxygens (including phenoxy) is 1. The average molecular weight is 135 g/mol. The second-order valence-corrected chi connectivity index (χ2v) is 3.04. The maximum Gasteiger partial charge on any atom is 0.109 e. The van der Waals surface area contributed by atoms with Crippen LogP contribution in [0, 0.1) is 0 Å². The van der Waals surface area contributed by atoms with Gasteiger partial charge < -0.3 is 4.74 Å². The van der Waals surface area contributed by atoms with Gasteiger partial charge in [0.05, 0.1) is 12.0 Å². The maximum absolute atomic E-state index is 5.76. The van der Waals surface area contributed by atoms with E-state index in [9.17, 15) is 0 Å². The molecule has 0 N–H and O–H groups in total. The third kappa shape index (κ3) is 2.22. The zero-order chi connectivity index (χ0) is 6.78. The van der Waals surface area contributed by atoms with Crippen LogP contribution in [0.3, 0.4) is 0 Å². The molecule has 0 fully saturated rings. The summed E-state index contributed by atoms with van der Waals surface area (Å²) < 4.78 is 4.79. The molecule has 48 valence electrons. The van der Waals surface area contributed by atoms with E-state index in [2.05, 4.69) is 6.58 Å². The normalized spacial score (nSPS) is 11.0. The van der Waals surface area contributed by atoms with Crippen molar-refractivity contribution >= 4 is 11.6 Å². The van der Waals surface area contributed by atoms with Crippen molar-refractivity contribution in [3.8, 4) is 0 Å². The first-order chi connectivity index (χ1) is 3.48. The summed E-state index contributed by atoms with van der Waals surface area (Å²) in [7, 11) is 1.56. The van der Waals surface area contributed by atoms with Crippen LogP contribution >= 0.6 is 11.6 Å². The van der Waals surface area contributed by atoms with Gasteiger partial charge in [0, 0.05) is 0 Å². The van der Waals surface area contributed by atoms with Crippen LogP contribution in [-0.4, -0.2) is 12.0 Å². The quantitative estimate of drug-likeness (QED) is 0.416. The molecule has 0 rings (SSSR count). The highest BCUT2D eigenvalue weighted by Crippen LogP contribution is 2.21. The highest BCUT2D eigenvalue weighted by Gasteiger charge is 2.17. The van der Waals surface area contributed by atoms with E-state index < -0.39 is 4.87 Å². The number of hydrogen-bond donors (Lipinski definition) is 0.